The lowest BCUT2D eigenvalue weighted by Crippen LogP contribution is -2.50. The van der Waals surface area contributed by atoms with Crippen LogP contribution in [0.2, 0.25) is 0 Å². The number of hydrogen-bond donors (Lipinski definition) is 2. The fourth-order valence-electron chi connectivity index (χ4n) is 3.91. The largest absolute Gasteiger partial charge is 0.348 e. The zero-order valence-electron chi connectivity index (χ0n) is 22.9. The molecule has 0 saturated carbocycles. The summed E-state index contributed by atoms with van der Waals surface area (Å²) >= 11 is 0. The summed E-state index contributed by atoms with van der Waals surface area (Å²) in [5.41, 5.74) is 3.76. The minimum Gasteiger partial charge on any atom is -0.348 e. The SMILES string of the molecule is CC.CC.CC.Cc1cccc(C(=O)NC(C)C(=O)N2CCc3[nH]cnc3C2c2cccc(F)c2)c1. The molecule has 2 aromatic carbocycles. The minimum atomic E-state index is -0.741. The van der Waals surface area contributed by atoms with E-state index in [0.717, 1.165) is 11.3 Å². The average Bonchev–Trinajstić information content (AvgIpc) is 3.40. The van der Waals surface area contributed by atoms with Crippen molar-refractivity contribution in [1.82, 2.24) is 20.2 Å². The number of nitrogens with one attached hydrogen (secondary N) is 2. The fourth-order valence-corrected chi connectivity index (χ4v) is 3.91. The Bertz CT molecular complexity index is 1100. The molecule has 196 valence electrons. The highest BCUT2D eigenvalue weighted by Crippen LogP contribution is 2.34. The second-order valence-electron chi connectivity index (χ2n) is 7.57. The molecule has 36 heavy (non-hydrogen) atoms. The number of aryl methyl sites for hydroxylation is 1. The predicted molar refractivity (Wildman–Crippen MR) is 144 cm³/mol. The van der Waals surface area contributed by atoms with Crippen molar-refractivity contribution in [2.45, 2.75) is 73.9 Å². The number of benzene rings is 2. The van der Waals surface area contributed by atoms with Crippen LogP contribution in [-0.2, 0) is 11.2 Å². The second-order valence-corrected chi connectivity index (χ2v) is 7.57. The number of carbonyl (C=O) groups is 2. The van der Waals surface area contributed by atoms with Gasteiger partial charge in [0.25, 0.3) is 5.91 Å². The molecular weight excluding hydrogens is 455 g/mol. The van der Waals surface area contributed by atoms with Gasteiger partial charge in [-0.05, 0) is 43.7 Å². The Morgan fingerprint density at radius 2 is 1.72 bits per heavy atom. The summed E-state index contributed by atoms with van der Waals surface area (Å²) in [4.78, 5) is 35.1. The summed E-state index contributed by atoms with van der Waals surface area (Å²) in [5.74, 6) is -0.915. The van der Waals surface area contributed by atoms with E-state index >= 15 is 0 Å². The third-order valence-electron chi connectivity index (χ3n) is 5.37. The van der Waals surface area contributed by atoms with Crippen LogP contribution in [0.15, 0.2) is 54.9 Å². The van der Waals surface area contributed by atoms with Crippen molar-refractivity contribution in [1.29, 1.82) is 0 Å². The van der Waals surface area contributed by atoms with Gasteiger partial charge in [0.05, 0.1) is 12.0 Å². The maximum Gasteiger partial charge on any atom is 0.251 e. The monoisotopic (exact) mass is 496 g/mol. The number of nitrogens with zero attached hydrogens (tertiary/aromatic N) is 2. The molecule has 0 spiro atoms. The number of H-pyrrole nitrogens is 1. The van der Waals surface area contributed by atoms with Gasteiger partial charge in [-0.2, -0.15) is 0 Å². The Balaban J connectivity index is 0.00000101. The number of amides is 2. The zero-order valence-corrected chi connectivity index (χ0v) is 22.9. The predicted octanol–water partition coefficient (Wildman–Crippen LogP) is 6.23. The summed E-state index contributed by atoms with van der Waals surface area (Å²) < 4.78 is 13.9. The molecular formula is C29H41FN4O2. The number of halogens is 1. The maximum absolute atomic E-state index is 13.9. The van der Waals surface area contributed by atoms with Crippen LogP contribution in [0.5, 0.6) is 0 Å². The van der Waals surface area contributed by atoms with Crippen LogP contribution in [-0.4, -0.2) is 39.3 Å². The van der Waals surface area contributed by atoms with Gasteiger partial charge in [0, 0.05) is 24.2 Å². The Hall–Kier alpha value is -3.48. The van der Waals surface area contributed by atoms with Crippen LogP contribution < -0.4 is 5.32 Å². The molecule has 0 bridgehead atoms. The molecule has 1 aromatic heterocycles. The van der Waals surface area contributed by atoms with Gasteiger partial charge in [-0.3, -0.25) is 9.59 Å². The first-order valence-electron chi connectivity index (χ1n) is 12.9. The molecule has 2 unspecified atom stereocenters. The summed E-state index contributed by atoms with van der Waals surface area (Å²) in [6.45, 7) is 16.0. The van der Waals surface area contributed by atoms with Gasteiger partial charge in [0.1, 0.15) is 17.9 Å². The second kappa shape index (κ2) is 15.5. The van der Waals surface area contributed by atoms with E-state index in [-0.39, 0.29) is 17.6 Å². The molecule has 0 aliphatic carbocycles. The van der Waals surface area contributed by atoms with E-state index in [2.05, 4.69) is 15.3 Å². The third kappa shape index (κ3) is 7.51. The first-order chi connectivity index (χ1) is 17.4. The van der Waals surface area contributed by atoms with Crippen molar-refractivity contribution < 1.29 is 14.0 Å². The van der Waals surface area contributed by atoms with E-state index in [1.807, 2.05) is 54.5 Å². The van der Waals surface area contributed by atoms with Gasteiger partial charge in [-0.1, -0.05) is 71.4 Å². The number of hydrogen-bond acceptors (Lipinski definition) is 3. The molecule has 1 aliphatic rings. The van der Waals surface area contributed by atoms with Crippen LogP contribution >= 0.6 is 0 Å². The van der Waals surface area contributed by atoms with Gasteiger partial charge in [0.15, 0.2) is 0 Å². The normalized spacial score (nSPS) is 14.4. The lowest BCUT2D eigenvalue weighted by Gasteiger charge is -2.37. The molecule has 7 heteroatoms. The van der Waals surface area contributed by atoms with Crippen LogP contribution in [0, 0.1) is 12.7 Å². The number of fused-ring (bicyclic) bond motifs is 1. The summed E-state index contributed by atoms with van der Waals surface area (Å²) in [7, 11) is 0. The Morgan fingerprint density at radius 3 is 2.36 bits per heavy atom. The van der Waals surface area contributed by atoms with Crippen molar-refractivity contribution in [3.63, 3.8) is 0 Å². The molecule has 3 aromatic rings. The number of aromatic nitrogens is 2. The van der Waals surface area contributed by atoms with E-state index in [4.69, 9.17) is 0 Å². The van der Waals surface area contributed by atoms with Crippen LogP contribution in [0.25, 0.3) is 0 Å². The number of aromatic amines is 1. The smallest absolute Gasteiger partial charge is 0.251 e. The first-order valence-corrected chi connectivity index (χ1v) is 12.9. The third-order valence-corrected chi connectivity index (χ3v) is 5.37. The van der Waals surface area contributed by atoms with Crippen molar-refractivity contribution >= 4 is 11.8 Å². The van der Waals surface area contributed by atoms with E-state index in [1.165, 1.54) is 12.1 Å². The van der Waals surface area contributed by atoms with Crippen LogP contribution in [0.3, 0.4) is 0 Å². The van der Waals surface area contributed by atoms with E-state index < -0.39 is 12.1 Å². The van der Waals surface area contributed by atoms with Gasteiger partial charge in [-0.25, -0.2) is 9.37 Å². The van der Waals surface area contributed by atoms with Gasteiger partial charge in [0.2, 0.25) is 5.91 Å². The highest BCUT2D eigenvalue weighted by Gasteiger charge is 2.36. The van der Waals surface area contributed by atoms with Gasteiger partial charge < -0.3 is 15.2 Å². The molecule has 4 rings (SSSR count). The molecule has 2 heterocycles. The van der Waals surface area contributed by atoms with Gasteiger partial charge in [-0.15, -0.1) is 0 Å². The quantitative estimate of drug-likeness (QED) is 0.450. The van der Waals surface area contributed by atoms with Crippen molar-refractivity contribution in [2.75, 3.05) is 6.54 Å². The molecule has 0 saturated heterocycles. The lowest BCUT2D eigenvalue weighted by atomic mass is 9.95. The Morgan fingerprint density at radius 1 is 1.06 bits per heavy atom. The van der Waals surface area contributed by atoms with Gasteiger partial charge >= 0.3 is 0 Å². The molecule has 1 aliphatic heterocycles. The molecule has 2 N–H and O–H groups in total. The number of carbonyl (C=O) groups excluding carboxylic acids is 2. The Kier molecular flexibility index (Phi) is 13.2. The summed E-state index contributed by atoms with van der Waals surface area (Å²) in [6, 6.07) is 12.1. The lowest BCUT2D eigenvalue weighted by molar-refractivity contribution is -0.135. The minimum absolute atomic E-state index is 0.237. The number of rotatable bonds is 4. The van der Waals surface area contributed by atoms with Crippen molar-refractivity contribution in [3.05, 3.63) is 88.8 Å². The average molecular weight is 497 g/mol. The molecule has 2 atom stereocenters. The fraction of sp³-hybridized carbons (Fsp3) is 0.414. The maximum atomic E-state index is 13.9. The van der Waals surface area contributed by atoms with E-state index in [0.29, 0.717) is 29.8 Å². The van der Waals surface area contributed by atoms with E-state index in [9.17, 15) is 14.0 Å². The van der Waals surface area contributed by atoms with Crippen LogP contribution in [0.4, 0.5) is 4.39 Å². The first kappa shape index (κ1) is 30.6. The van der Waals surface area contributed by atoms with Crippen LogP contribution in [0.1, 0.15) is 87.4 Å². The molecule has 2 amide bonds. The standard InChI is InChI=1S/C23H23FN4O2.3C2H6/c1-14-5-3-7-17(11-14)22(29)27-15(2)23(30)28-10-9-19-20(26-13-25-19)21(28)16-6-4-8-18(24)12-16;3*1-2/h3-8,11-13,15,21H,9-10H2,1-2H3,(H,25,26)(H,27,29);3*1-2H3. The summed E-state index contributed by atoms with van der Waals surface area (Å²) in [6.07, 6.45) is 2.21. The topological polar surface area (TPSA) is 78.1 Å². The van der Waals surface area contributed by atoms with Crippen molar-refractivity contribution in [2.24, 2.45) is 0 Å². The molecule has 0 fully saturated rings. The van der Waals surface area contributed by atoms with Crippen molar-refractivity contribution in [3.8, 4) is 0 Å². The highest BCUT2D eigenvalue weighted by molar-refractivity contribution is 5.97. The zero-order chi connectivity index (χ0) is 27.3. The van der Waals surface area contributed by atoms with E-state index in [1.54, 1.807) is 48.5 Å². The highest BCUT2D eigenvalue weighted by atomic mass is 19.1. The number of imidazole rings is 1. The summed E-state index contributed by atoms with van der Waals surface area (Å²) in [5, 5.41) is 2.79. The molecule has 0 radical (unpaired) electrons. The Labute approximate surface area is 215 Å². The molecule has 6 nitrogen and oxygen atoms in total.